The van der Waals surface area contributed by atoms with Gasteiger partial charge in [0.1, 0.15) is 10.9 Å². The Kier molecular flexibility index (Phi) is 6.35. The number of aromatic nitrogens is 5. The number of halogens is 3. The molecular formula is C22H22F3N7O4. The second kappa shape index (κ2) is 9.60. The van der Waals surface area contributed by atoms with E-state index in [1.807, 2.05) is 34.3 Å². The maximum absolute atomic E-state index is 13.3. The number of hydrogen-bond donors (Lipinski definition) is 1. The van der Waals surface area contributed by atoms with Crippen LogP contribution in [0, 0.1) is 0 Å². The number of hydrogen-bond acceptors (Lipinski definition) is 8. The Morgan fingerprint density at radius 1 is 1.14 bits per heavy atom. The number of carbonyl (C=O) groups excluding carboxylic acids is 1. The Balaban J connectivity index is 1.09. The van der Waals surface area contributed by atoms with Gasteiger partial charge in [-0.05, 0) is 12.1 Å². The van der Waals surface area contributed by atoms with Crippen molar-refractivity contribution in [3.8, 4) is 0 Å². The van der Waals surface area contributed by atoms with Crippen LogP contribution in [0.25, 0.3) is 22.0 Å². The van der Waals surface area contributed by atoms with Crippen LogP contribution in [0.4, 0.5) is 19.2 Å². The molecule has 1 fully saturated rings. The predicted octanol–water partition coefficient (Wildman–Crippen LogP) is 2.04. The predicted molar refractivity (Wildman–Crippen MR) is 121 cm³/mol. The highest BCUT2D eigenvalue weighted by Crippen LogP contribution is 2.32. The SMILES string of the molecule is O=C(CCOCCn1nc(C(F)(F)F)c2c(=O)[nH]ncc21)N1CCN(c2nc3ccccc3o2)CC1. The van der Waals surface area contributed by atoms with Crippen LogP contribution < -0.4 is 10.5 Å². The van der Waals surface area contributed by atoms with Crippen molar-refractivity contribution < 1.29 is 27.1 Å². The number of amides is 1. The van der Waals surface area contributed by atoms with Gasteiger partial charge in [0.25, 0.3) is 11.6 Å². The summed E-state index contributed by atoms with van der Waals surface area (Å²) in [5.41, 5.74) is -0.780. The van der Waals surface area contributed by atoms with Crippen molar-refractivity contribution in [2.24, 2.45) is 0 Å². The fraction of sp³-hybridized carbons (Fsp3) is 0.409. The van der Waals surface area contributed by atoms with E-state index in [2.05, 4.69) is 15.2 Å². The number of ether oxygens (including phenoxy) is 1. The summed E-state index contributed by atoms with van der Waals surface area (Å²) in [5, 5.41) is 8.52. The van der Waals surface area contributed by atoms with Crippen LogP contribution in [0.15, 0.2) is 39.7 Å². The summed E-state index contributed by atoms with van der Waals surface area (Å²) in [6.45, 7) is 2.28. The first kappa shape index (κ1) is 23.8. The van der Waals surface area contributed by atoms with E-state index in [0.717, 1.165) is 16.4 Å². The van der Waals surface area contributed by atoms with Crippen LogP contribution in [-0.4, -0.2) is 75.2 Å². The van der Waals surface area contributed by atoms with Crippen molar-refractivity contribution in [2.75, 3.05) is 44.3 Å². The molecule has 3 aromatic heterocycles. The summed E-state index contributed by atoms with van der Waals surface area (Å²) >= 11 is 0. The molecule has 0 bridgehead atoms. The fourth-order valence-corrected chi connectivity index (χ4v) is 4.12. The number of carbonyl (C=O) groups is 1. The smallest absolute Gasteiger partial charge is 0.423 e. The standard InChI is InChI=1S/C22H22F3N7O4/c23-22(24,25)19-18-15(13-26-28-20(18)34)32(29-19)10-12-35-11-5-17(33)30-6-8-31(9-7-30)21-27-14-3-1-2-4-16(14)36-21/h1-4,13H,5-12H2,(H,28,34). The Hall–Kier alpha value is -3.94. The van der Waals surface area contributed by atoms with Gasteiger partial charge in [-0.15, -0.1) is 0 Å². The molecule has 0 spiro atoms. The molecule has 0 atom stereocenters. The van der Waals surface area contributed by atoms with Crippen molar-refractivity contribution in [1.29, 1.82) is 0 Å². The lowest BCUT2D eigenvalue weighted by Gasteiger charge is -2.33. The van der Waals surface area contributed by atoms with Gasteiger partial charge in [-0.1, -0.05) is 12.1 Å². The maximum Gasteiger partial charge on any atom is 0.435 e. The summed E-state index contributed by atoms with van der Waals surface area (Å²) in [4.78, 5) is 32.6. The van der Waals surface area contributed by atoms with Gasteiger partial charge < -0.3 is 19.0 Å². The number of oxazole rings is 1. The molecule has 14 heteroatoms. The molecule has 0 radical (unpaired) electrons. The van der Waals surface area contributed by atoms with Gasteiger partial charge in [0, 0.05) is 26.2 Å². The highest BCUT2D eigenvalue weighted by atomic mass is 19.4. The van der Waals surface area contributed by atoms with Crippen molar-refractivity contribution >= 4 is 33.9 Å². The molecule has 36 heavy (non-hydrogen) atoms. The number of H-pyrrole nitrogens is 1. The number of rotatable bonds is 7. The fourth-order valence-electron chi connectivity index (χ4n) is 4.12. The number of alkyl halides is 3. The molecular weight excluding hydrogens is 483 g/mol. The number of para-hydroxylation sites is 2. The van der Waals surface area contributed by atoms with E-state index in [1.54, 1.807) is 4.90 Å². The number of fused-ring (bicyclic) bond motifs is 2. The van der Waals surface area contributed by atoms with Crippen LogP contribution in [0.3, 0.4) is 0 Å². The molecule has 4 heterocycles. The van der Waals surface area contributed by atoms with Crippen LogP contribution >= 0.6 is 0 Å². The minimum Gasteiger partial charge on any atom is -0.423 e. The number of benzene rings is 1. The second-order valence-corrected chi connectivity index (χ2v) is 8.22. The van der Waals surface area contributed by atoms with Gasteiger partial charge in [-0.25, -0.2) is 5.10 Å². The largest absolute Gasteiger partial charge is 0.435 e. The number of anilines is 1. The Morgan fingerprint density at radius 3 is 2.67 bits per heavy atom. The number of aromatic amines is 1. The molecule has 1 aliphatic rings. The molecule has 4 aromatic rings. The zero-order chi connectivity index (χ0) is 25.3. The molecule has 1 N–H and O–H groups in total. The quantitative estimate of drug-likeness (QED) is 0.379. The summed E-state index contributed by atoms with van der Waals surface area (Å²) in [5.74, 6) is -0.0770. The van der Waals surface area contributed by atoms with E-state index in [9.17, 15) is 22.8 Å². The van der Waals surface area contributed by atoms with E-state index in [1.165, 1.54) is 0 Å². The Labute approximate surface area is 201 Å². The van der Waals surface area contributed by atoms with E-state index in [-0.39, 0.29) is 37.6 Å². The van der Waals surface area contributed by atoms with E-state index in [0.29, 0.717) is 37.8 Å². The Bertz CT molecular complexity index is 1400. The van der Waals surface area contributed by atoms with E-state index >= 15 is 0 Å². The summed E-state index contributed by atoms with van der Waals surface area (Å²) in [6, 6.07) is 8.03. The average Bonchev–Trinajstić information content (AvgIpc) is 3.46. The minimum absolute atomic E-state index is 0.0135. The molecule has 0 unspecified atom stereocenters. The average molecular weight is 505 g/mol. The maximum atomic E-state index is 13.3. The lowest BCUT2D eigenvalue weighted by atomic mass is 10.2. The van der Waals surface area contributed by atoms with Crippen molar-refractivity contribution in [1.82, 2.24) is 29.9 Å². The first-order valence-corrected chi connectivity index (χ1v) is 11.3. The van der Waals surface area contributed by atoms with Gasteiger partial charge in [-0.2, -0.15) is 28.4 Å². The third kappa shape index (κ3) is 4.76. The first-order chi connectivity index (χ1) is 17.3. The highest BCUT2D eigenvalue weighted by molar-refractivity contribution is 5.80. The van der Waals surface area contributed by atoms with Crippen molar-refractivity contribution in [2.45, 2.75) is 19.1 Å². The minimum atomic E-state index is -4.78. The highest BCUT2D eigenvalue weighted by Gasteiger charge is 2.38. The van der Waals surface area contributed by atoms with Crippen LogP contribution in [-0.2, 0) is 22.3 Å². The third-order valence-corrected chi connectivity index (χ3v) is 5.93. The van der Waals surface area contributed by atoms with Gasteiger partial charge in [0.2, 0.25) is 5.91 Å². The molecule has 1 saturated heterocycles. The zero-order valence-corrected chi connectivity index (χ0v) is 19.0. The van der Waals surface area contributed by atoms with Crippen LogP contribution in [0.5, 0.6) is 0 Å². The zero-order valence-electron chi connectivity index (χ0n) is 19.0. The number of nitrogens with one attached hydrogen (secondary N) is 1. The molecule has 190 valence electrons. The second-order valence-electron chi connectivity index (χ2n) is 8.22. The molecule has 0 saturated carbocycles. The normalized spacial score (nSPS) is 14.8. The molecule has 5 rings (SSSR count). The lowest BCUT2D eigenvalue weighted by molar-refractivity contribution is -0.140. The van der Waals surface area contributed by atoms with Gasteiger partial charge in [-0.3, -0.25) is 14.3 Å². The molecule has 0 aliphatic carbocycles. The van der Waals surface area contributed by atoms with Crippen molar-refractivity contribution in [3.05, 3.63) is 46.5 Å². The summed E-state index contributed by atoms with van der Waals surface area (Å²) in [7, 11) is 0. The number of piperazine rings is 1. The monoisotopic (exact) mass is 505 g/mol. The van der Waals surface area contributed by atoms with Crippen molar-refractivity contribution in [3.63, 3.8) is 0 Å². The summed E-state index contributed by atoms with van der Waals surface area (Å²) < 4.78 is 52.1. The lowest BCUT2D eigenvalue weighted by Crippen LogP contribution is -2.49. The molecule has 1 aromatic carbocycles. The van der Waals surface area contributed by atoms with Gasteiger partial charge in [0.05, 0.1) is 37.9 Å². The summed E-state index contributed by atoms with van der Waals surface area (Å²) in [6.07, 6.45) is -3.53. The van der Waals surface area contributed by atoms with Gasteiger partial charge in [0.15, 0.2) is 11.3 Å². The molecule has 1 aliphatic heterocycles. The van der Waals surface area contributed by atoms with Crippen LogP contribution in [0.2, 0.25) is 0 Å². The molecule has 1 amide bonds. The van der Waals surface area contributed by atoms with E-state index < -0.39 is 22.8 Å². The first-order valence-electron chi connectivity index (χ1n) is 11.3. The van der Waals surface area contributed by atoms with Gasteiger partial charge >= 0.3 is 6.18 Å². The molecule has 11 nitrogen and oxygen atoms in total. The van der Waals surface area contributed by atoms with E-state index in [4.69, 9.17) is 9.15 Å². The Morgan fingerprint density at radius 2 is 1.92 bits per heavy atom. The topological polar surface area (TPSA) is 122 Å². The number of nitrogens with zero attached hydrogens (tertiary/aromatic N) is 6. The third-order valence-electron chi connectivity index (χ3n) is 5.93. The van der Waals surface area contributed by atoms with Crippen LogP contribution in [0.1, 0.15) is 12.1 Å².